The summed E-state index contributed by atoms with van der Waals surface area (Å²) in [6.45, 7) is 3.86. The van der Waals surface area contributed by atoms with Crippen LogP contribution in [0.2, 0.25) is 5.02 Å². The standard InChI is InChI=1S/C24H22ClN5O4/c1-3-34-24(31)22-20(13-14-28-16(2)26-15-21(28)30(32)33)23(17-7-5-4-6-8-17)29(27-22)19-11-9-18(25)10-12-19/h4-12,15H,3,13-14H2,1-2H3. The van der Waals surface area contributed by atoms with Gasteiger partial charge in [-0.05, 0) is 36.1 Å². The number of nitrogens with zero attached hydrogens (tertiary/aromatic N) is 5. The molecule has 2 heterocycles. The van der Waals surface area contributed by atoms with E-state index < -0.39 is 10.9 Å². The summed E-state index contributed by atoms with van der Waals surface area (Å²) in [4.78, 5) is 28.0. The van der Waals surface area contributed by atoms with Gasteiger partial charge in [-0.15, -0.1) is 0 Å². The van der Waals surface area contributed by atoms with E-state index in [0.717, 1.165) is 5.56 Å². The van der Waals surface area contributed by atoms with Crippen LogP contribution in [0.3, 0.4) is 0 Å². The smallest absolute Gasteiger partial charge is 0.359 e. The molecular weight excluding hydrogens is 458 g/mol. The van der Waals surface area contributed by atoms with Crippen molar-refractivity contribution in [1.82, 2.24) is 19.3 Å². The fourth-order valence-electron chi connectivity index (χ4n) is 3.81. The van der Waals surface area contributed by atoms with Gasteiger partial charge in [0.05, 0.1) is 24.5 Å². The van der Waals surface area contributed by atoms with Gasteiger partial charge >= 0.3 is 11.8 Å². The molecule has 0 radical (unpaired) electrons. The summed E-state index contributed by atoms with van der Waals surface area (Å²) in [5, 5.41) is 16.7. The lowest BCUT2D eigenvalue weighted by molar-refractivity contribution is -0.392. The summed E-state index contributed by atoms with van der Waals surface area (Å²) >= 11 is 6.08. The number of nitro groups is 1. The van der Waals surface area contributed by atoms with Crippen molar-refractivity contribution in [2.45, 2.75) is 26.8 Å². The molecule has 9 nitrogen and oxygen atoms in total. The van der Waals surface area contributed by atoms with E-state index in [1.807, 2.05) is 42.5 Å². The van der Waals surface area contributed by atoms with E-state index in [0.29, 0.717) is 34.2 Å². The van der Waals surface area contributed by atoms with E-state index in [1.165, 1.54) is 10.8 Å². The monoisotopic (exact) mass is 479 g/mol. The van der Waals surface area contributed by atoms with Crippen molar-refractivity contribution in [3.8, 4) is 16.9 Å². The Morgan fingerprint density at radius 3 is 2.50 bits per heavy atom. The number of carbonyl (C=O) groups excluding carboxylic acids is 1. The van der Waals surface area contributed by atoms with Crippen LogP contribution in [0.25, 0.3) is 16.9 Å². The summed E-state index contributed by atoms with van der Waals surface area (Å²) < 4.78 is 8.49. The fourth-order valence-corrected chi connectivity index (χ4v) is 3.94. The minimum Gasteiger partial charge on any atom is -0.461 e. The number of rotatable bonds is 8. The number of ether oxygens (including phenoxy) is 1. The van der Waals surface area contributed by atoms with Gasteiger partial charge in [-0.3, -0.25) is 0 Å². The number of hydrogen-bond donors (Lipinski definition) is 0. The second kappa shape index (κ2) is 9.88. The Morgan fingerprint density at radius 1 is 1.15 bits per heavy atom. The Labute approximate surface area is 200 Å². The first-order valence-corrected chi connectivity index (χ1v) is 11.1. The number of imidazole rings is 1. The lowest BCUT2D eigenvalue weighted by Crippen LogP contribution is -2.12. The quantitative estimate of drug-likeness (QED) is 0.199. The minimum absolute atomic E-state index is 0.110. The van der Waals surface area contributed by atoms with Crippen molar-refractivity contribution in [2.24, 2.45) is 0 Å². The maximum Gasteiger partial charge on any atom is 0.359 e. The van der Waals surface area contributed by atoms with Crippen LogP contribution in [0, 0.1) is 17.0 Å². The van der Waals surface area contributed by atoms with Crippen LogP contribution >= 0.6 is 11.6 Å². The maximum absolute atomic E-state index is 12.9. The maximum atomic E-state index is 12.9. The second-order valence-electron chi connectivity index (χ2n) is 7.47. The molecule has 2 aromatic heterocycles. The van der Waals surface area contributed by atoms with E-state index in [1.54, 1.807) is 30.7 Å². The Morgan fingerprint density at radius 2 is 1.85 bits per heavy atom. The molecule has 10 heteroatoms. The van der Waals surface area contributed by atoms with Crippen molar-refractivity contribution in [3.63, 3.8) is 0 Å². The van der Waals surface area contributed by atoms with Crippen molar-refractivity contribution < 1.29 is 14.5 Å². The Bertz CT molecular complexity index is 1330. The number of halogens is 1. The van der Waals surface area contributed by atoms with Crippen molar-refractivity contribution >= 4 is 23.4 Å². The third-order valence-electron chi connectivity index (χ3n) is 5.38. The van der Waals surface area contributed by atoms with Gasteiger partial charge in [0.15, 0.2) is 11.5 Å². The summed E-state index contributed by atoms with van der Waals surface area (Å²) in [6, 6.07) is 16.7. The largest absolute Gasteiger partial charge is 0.461 e. The molecule has 4 rings (SSSR count). The topological polar surface area (TPSA) is 105 Å². The van der Waals surface area contributed by atoms with E-state index in [9.17, 15) is 14.9 Å². The molecule has 0 aliphatic carbocycles. The molecule has 0 unspecified atom stereocenters. The molecule has 34 heavy (non-hydrogen) atoms. The van der Waals surface area contributed by atoms with Gasteiger partial charge in [-0.25, -0.2) is 19.0 Å². The van der Waals surface area contributed by atoms with Crippen LogP contribution in [0.1, 0.15) is 28.8 Å². The summed E-state index contributed by atoms with van der Waals surface area (Å²) in [7, 11) is 0. The summed E-state index contributed by atoms with van der Waals surface area (Å²) in [5.74, 6) is -0.156. The van der Waals surface area contributed by atoms with Crippen molar-refractivity contribution in [2.75, 3.05) is 6.61 Å². The van der Waals surface area contributed by atoms with Crippen LogP contribution in [-0.2, 0) is 17.7 Å². The highest BCUT2D eigenvalue weighted by molar-refractivity contribution is 6.30. The average Bonchev–Trinajstić information content (AvgIpc) is 3.39. The van der Waals surface area contributed by atoms with Crippen LogP contribution < -0.4 is 0 Å². The predicted octanol–water partition coefficient (Wildman–Crippen LogP) is 5.03. The Balaban J connectivity index is 1.89. The lowest BCUT2D eigenvalue weighted by atomic mass is 10.0. The minimum atomic E-state index is -0.556. The zero-order chi connectivity index (χ0) is 24.2. The van der Waals surface area contributed by atoms with E-state index >= 15 is 0 Å². The van der Waals surface area contributed by atoms with Gasteiger partial charge in [0.1, 0.15) is 6.20 Å². The van der Waals surface area contributed by atoms with Crippen LogP contribution in [0.4, 0.5) is 5.82 Å². The average molecular weight is 480 g/mol. The van der Waals surface area contributed by atoms with Crippen LogP contribution in [-0.4, -0.2) is 36.8 Å². The molecule has 0 spiro atoms. The van der Waals surface area contributed by atoms with Gasteiger partial charge in [0.2, 0.25) is 0 Å². The highest BCUT2D eigenvalue weighted by Gasteiger charge is 2.27. The van der Waals surface area contributed by atoms with E-state index in [-0.39, 0.29) is 24.7 Å². The second-order valence-corrected chi connectivity index (χ2v) is 7.91. The molecule has 2 aromatic carbocycles. The Hall–Kier alpha value is -3.98. The zero-order valence-corrected chi connectivity index (χ0v) is 19.4. The molecule has 0 fully saturated rings. The van der Waals surface area contributed by atoms with Gasteiger partial charge < -0.3 is 14.9 Å². The fraction of sp³-hybridized carbons (Fsp3) is 0.208. The van der Waals surface area contributed by atoms with Gasteiger partial charge in [-0.1, -0.05) is 41.9 Å². The molecule has 0 atom stereocenters. The zero-order valence-electron chi connectivity index (χ0n) is 18.6. The molecule has 0 amide bonds. The van der Waals surface area contributed by atoms with Gasteiger partial charge in [0, 0.05) is 29.5 Å². The first-order valence-electron chi connectivity index (χ1n) is 10.7. The molecule has 0 saturated carbocycles. The first kappa shape index (κ1) is 23.2. The molecule has 0 N–H and O–H groups in total. The number of aryl methyl sites for hydroxylation is 1. The molecule has 0 aliphatic heterocycles. The number of benzene rings is 2. The highest BCUT2D eigenvalue weighted by atomic mass is 35.5. The third kappa shape index (κ3) is 4.55. The molecule has 174 valence electrons. The lowest BCUT2D eigenvalue weighted by Gasteiger charge is -2.11. The molecule has 0 bridgehead atoms. The first-order chi connectivity index (χ1) is 16.4. The SMILES string of the molecule is CCOC(=O)c1nn(-c2ccc(Cl)cc2)c(-c2ccccc2)c1CCn1c([N+](=O)[O-])cnc1C. The summed E-state index contributed by atoms with van der Waals surface area (Å²) in [6.07, 6.45) is 1.53. The molecule has 4 aromatic rings. The number of aromatic nitrogens is 4. The number of esters is 1. The predicted molar refractivity (Wildman–Crippen MR) is 127 cm³/mol. The van der Waals surface area contributed by atoms with E-state index in [2.05, 4.69) is 10.1 Å². The highest BCUT2D eigenvalue weighted by Crippen LogP contribution is 2.31. The van der Waals surface area contributed by atoms with Crippen LogP contribution in [0.15, 0.2) is 60.8 Å². The van der Waals surface area contributed by atoms with E-state index in [4.69, 9.17) is 16.3 Å². The number of carbonyl (C=O) groups is 1. The Kier molecular flexibility index (Phi) is 6.74. The van der Waals surface area contributed by atoms with Gasteiger partial charge in [0.25, 0.3) is 0 Å². The molecule has 0 saturated heterocycles. The molecule has 0 aliphatic rings. The molecular formula is C24H22ClN5O4. The van der Waals surface area contributed by atoms with Crippen molar-refractivity contribution in [3.05, 3.63) is 93.0 Å². The van der Waals surface area contributed by atoms with Gasteiger partial charge in [-0.2, -0.15) is 5.10 Å². The normalized spacial score (nSPS) is 10.9. The third-order valence-corrected chi connectivity index (χ3v) is 5.63. The summed E-state index contributed by atoms with van der Waals surface area (Å²) in [5.41, 5.74) is 3.04. The van der Waals surface area contributed by atoms with Crippen LogP contribution in [0.5, 0.6) is 0 Å². The number of hydrogen-bond acceptors (Lipinski definition) is 6. The van der Waals surface area contributed by atoms with Crippen molar-refractivity contribution in [1.29, 1.82) is 0 Å².